The molecule has 2 aromatic rings. The lowest BCUT2D eigenvalue weighted by Gasteiger charge is -2.02. The summed E-state index contributed by atoms with van der Waals surface area (Å²) in [6, 6.07) is 5.98. The molecule has 2 rings (SSSR count). The Morgan fingerprint density at radius 1 is 1.43 bits per heavy atom. The van der Waals surface area contributed by atoms with E-state index >= 15 is 0 Å². The Bertz CT molecular complexity index is 400. The van der Waals surface area contributed by atoms with Crippen molar-refractivity contribution in [2.24, 2.45) is 0 Å². The molecule has 3 nitrogen and oxygen atoms in total. The molecule has 1 aromatic carbocycles. The number of ether oxygens (including phenoxy) is 1. The number of hydrogen-bond donors (Lipinski definition) is 0. The summed E-state index contributed by atoms with van der Waals surface area (Å²) in [4.78, 5) is 0. The van der Waals surface area contributed by atoms with Gasteiger partial charge in [-0.25, -0.2) is 4.39 Å². The van der Waals surface area contributed by atoms with Gasteiger partial charge in [0, 0.05) is 11.6 Å². The quantitative estimate of drug-likeness (QED) is 0.750. The molecule has 14 heavy (non-hydrogen) atoms. The fourth-order valence-corrected chi connectivity index (χ4v) is 1.02. The second-order valence-corrected chi connectivity index (χ2v) is 2.78. The highest BCUT2D eigenvalue weighted by atomic mass is 19.1. The second-order valence-electron chi connectivity index (χ2n) is 2.78. The Balaban J connectivity index is 1.98. The number of benzene rings is 1. The van der Waals surface area contributed by atoms with E-state index in [1.165, 1.54) is 18.4 Å². The van der Waals surface area contributed by atoms with Gasteiger partial charge in [-0.15, -0.1) is 0 Å². The molecule has 0 aliphatic heterocycles. The van der Waals surface area contributed by atoms with Gasteiger partial charge < -0.3 is 9.26 Å². The van der Waals surface area contributed by atoms with Crippen molar-refractivity contribution in [2.75, 3.05) is 0 Å². The Kier molecular flexibility index (Phi) is 2.44. The lowest BCUT2D eigenvalue weighted by molar-refractivity contribution is 0.303. The summed E-state index contributed by atoms with van der Waals surface area (Å²) in [6.07, 6.45) is 3.04. The van der Waals surface area contributed by atoms with Crippen molar-refractivity contribution in [1.82, 2.24) is 5.16 Å². The van der Waals surface area contributed by atoms with Crippen molar-refractivity contribution < 1.29 is 13.7 Å². The van der Waals surface area contributed by atoms with Crippen molar-refractivity contribution in [3.05, 3.63) is 48.1 Å². The van der Waals surface area contributed by atoms with Gasteiger partial charge >= 0.3 is 0 Å². The van der Waals surface area contributed by atoms with Gasteiger partial charge in [0.25, 0.3) is 0 Å². The number of aromatic nitrogens is 1. The molecule has 0 atom stereocenters. The monoisotopic (exact) mass is 193 g/mol. The number of rotatable bonds is 3. The van der Waals surface area contributed by atoms with E-state index in [1.807, 2.05) is 0 Å². The molecular formula is C10H8FNO2. The Morgan fingerprint density at radius 2 is 2.36 bits per heavy atom. The van der Waals surface area contributed by atoms with Crippen LogP contribution in [-0.2, 0) is 6.61 Å². The zero-order valence-corrected chi connectivity index (χ0v) is 7.31. The molecule has 0 saturated carbocycles. The standard InChI is InChI=1S/C10H8FNO2/c11-9-2-1-3-10(4-9)13-6-8-5-12-14-7-8/h1-5,7H,6H2. The highest BCUT2D eigenvalue weighted by Gasteiger charge is 1.98. The van der Waals surface area contributed by atoms with Crippen LogP contribution in [-0.4, -0.2) is 5.16 Å². The first-order valence-corrected chi connectivity index (χ1v) is 4.11. The molecule has 0 N–H and O–H groups in total. The molecule has 0 radical (unpaired) electrons. The van der Waals surface area contributed by atoms with Crippen molar-refractivity contribution in [3.63, 3.8) is 0 Å². The molecule has 0 spiro atoms. The molecular weight excluding hydrogens is 185 g/mol. The molecule has 0 aliphatic rings. The highest BCUT2D eigenvalue weighted by Crippen LogP contribution is 2.13. The van der Waals surface area contributed by atoms with Crippen LogP contribution < -0.4 is 4.74 Å². The van der Waals surface area contributed by atoms with Crippen LogP contribution in [0, 0.1) is 5.82 Å². The summed E-state index contributed by atoms with van der Waals surface area (Å²) >= 11 is 0. The fraction of sp³-hybridized carbons (Fsp3) is 0.100. The Labute approximate surface area is 80.1 Å². The van der Waals surface area contributed by atoms with E-state index in [0.717, 1.165) is 5.56 Å². The summed E-state index contributed by atoms with van der Waals surface area (Å²) in [5.41, 5.74) is 0.814. The number of halogens is 1. The van der Waals surface area contributed by atoms with E-state index in [-0.39, 0.29) is 5.82 Å². The minimum atomic E-state index is -0.312. The van der Waals surface area contributed by atoms with Crippen molar-refractivity contribution >= 4 is 0 Å². The molecule has 4 heteroatoms. The maximum Gasteiger partial charge on any atom is 0.130 e. The van der Waals surface area contributed by atoms with E-state index in [1.54, 1.807) is 18.3 Å². The minimum absolute atomic E-state index is 0.312. The van der Waals surface area contributed by atoms with Crippen LogP contribution in [0.25, 0.3) is 0 Å². The topological polar surface area (TPSA) is 35.3 Å². The molecule has 1 aromatic heterocycles. The van der Waals surface area contributed by atoms with E-state index in [9.17, 15) is 4.39 Å². The van der Waals surface area contributed by atoms with Crippen LogP contribution in [0.15, 0.2) is 41.2 Å². The fourth-order valence-electron chi connectivity index (χ4n) is 1.02. The largest absolute Gasteiger partial charge is 0.489 e. The van der Waals surface area contributed by atoms with Crippen LogP contribution in [0.2, 0.25) is 0 Å². The zero-order valence-electron chi connectivity index (χ0n) is 7.31. The van der Waals surface area contributed by atoms with Crippen LogP contribution in [0.5, 0.6) is 5.75 Å². The molecule has 0 bridgehead atoms. The van der Waals surface area contributed by atoms with Crippen molar-refractivity contribution in [3.8, 4) is 5.75 Å². The predicted molar refractivity (Wildman–Crippen MR) is 47.2 cm³/mol. The zero-order chi connectivity index (χ0) is 9.80. The van der Waals surface area contributed by atoms with Crippen molar-refractivity contribution in [1.29, 1.82) is 0 Å². The van der Waals surface area contributed by atoms with Gasteiger partial charge in [0.05, 0.1) is 6.20 Å². The minimum Gasteiger partial charge on any atom is -0.489 e. The summed E-state index contributed by atoms with van der Waals surface area (Å²) in [5, 5.41) is 3.52. The van der Waals surface area contributed by atoms with Gasteiger partial charge in [0.1, 0.15) is 24.4 Å². The maximum absolute atomic E-state index is 12.7. The van der Waals surface area contributed by atoms with E-state index in [4.69, 9.17) is 4.74 Å². The SMILES string of the molecule is Fc1cccc(OCc2cnoc2)c1. The number of hydrogen-bond acceptors (Lipinski definition) is 3. The highest BCUT2D eigenvalue weighted by molar-refractivity contribution is 5.22. The van der Waals surface area contributed by atoms with Gasteiger partial charge in [-0.05, 0) is 12.1 Å². The van der Waals surface area contributed by atoms with Gasteiger partial charge in [-0.3, -0.25) is 0 Å². The molecule has 1 heterocycles. The molecule has 0 unspecified atom stereocenters. The Hall–Kier alpha value is -1.84. The summed E-state index contributed by atoms with van der Waals surface area (Å²) in [7, 11) is 0. The lowest BCUT2D eigenvalue weighted by Crippen LogP contribution is -1.93. The average molecular weight is 193 g/mol. The first-order chi connectivity index (χ1) is 6.84. The normalized spacial score (nSPS) is 10.1. The third-order valence-electron chi connectivity index (χ3n) is 1.69. The predicted octanol–water partition coefficient (Wildman–Crippen LogP) is 2.39. The first kappa shape index (κ1) is 8.74. The number of nitrogens with zero attached hydrogens (tertiary/aromatic N) is 1. The van der Waals surface area contributed by atoms with Crippen LogP contribution in [0.1, 0.15) is 5.56 Å². The van der Waals surface area contributed by atoms with Gasteiger partial charge in [0.15, 0.2) is 0 Å². The third-order valence-corrected chi connectivity index (χ3v) is 1.69. The van der Waals surface area contributed by atoms with Gasteiger partial charge in [0.2, 0.25) is 0 Å². The van der Waals surface area contributed by atoms with E-state index < -0.39 is 0 Å². The molecule has 0 fully saturated rings. The summed E-state index contributed by atoms with van der Waals surface area (Å²) < 4.78 is 22.6. The maximum atomic E-state index is 12.7. The first-order valence-electron chi connectivity index (χ1n) is 4.11. The molecule has 72 valence electrons. The van der Waals surface area contributed by atoms with Gasteiger partial charge in [-0.1, -0.05) is 11.2 Å². The summed E-state index contributed by atoms with van der Waals surface area (Å²) in [5.74, 6) is 0.180. The summed E-state index contributed by atoms with van der Waals surface area (Å²) in [6.45, 7) is 0.326. The van der Waals surface area contributed by atoms with Crippen LogP contribution in [0.4, 0.5) is 4.39 Å². The third kappa shape index (κ3) is 2.10. The van der Waals surface area contributed by atoms with E-state index in [2.05, 4.69) is 9.68 Å². The molecule has 0 aliphatic carbocycles. The molecule has 0 amide bonds. The second kappa shape index (κ2) is 3.91. The molecule has 0 saturated heterocycles. The Morgan fingerprint density at radius 3 is 3.07 bits per heavy atom. The smallest absolute Gasteiger partial charge is 0.130 e. The van der Waals surface area contributed by atoms with Crippen molar-refractivity contribution in [2.45, 2.75) is 6.61 Å². The average Bonchev–Trinajstić information content (AvgIpc) is 2.67. The lowest BCUT2D eigenvalue weighted by atomic mass is 10.3. The van der Waals surface area contributed by atoms with E-state index in [0.29, 0.717) is 12.4 Å². The van der Waals surface area contributed by atoms with Gasteiger partial charge in [-0.2, -0.15) is 0 Å². The van der Waals surface area contributed by atoms with Crippen LogP contribution >= 0.6 is 0 Å². The van der Waals surface area contributed by atoms with Crippen LogP contribution in [0.3, 0.4) is 0 Å².